The topological polar surface area (TPSA) is 104 Å². The van der Waals surface area contributed by atoms with Crippen LogP contribution in [-0.4, -0.2) is 61.2 Å². The number of carbonyl (C=O) groups is 2. The number of carboxylic acids is 1. The second-order valence-corrected chi connectivity index (χ2v) is 9.93. The molecule has 2 aliphatic rings. The predicted octanol–water partition coefficient (Wildman–Crippen LogP) is 2.68. The Morgan fingerprint density at radius 3 is 1.85 bits per heavy atom. The van der Waals surface area contributed by atoms with E-state index in [9.17, 15) is 24.9 Å². The molecule has 3 N–H and O–H groups in total. The summed E-state index contributed by atoms with van der Waals surface area (Å²) in [7, 11) is 0. The molecule has 0 saturated heterocycles. The number of fused-ring (bicyclic) bond motifs is 2. The fraction of sp³-hybridized carbons (Fsp3) is 0.714. The van der Waals surface area contributed by atoms with Crippen LogP contribution in [0.4, 0.5) is 0 Å². The van der Waals surface area contributed by atoms with Crippen molar-refractivity contribution in [3.63, 3.8) is 0 Å². The van der Waals surface area contributed by atoms with Gasteiger partial charge in [0.25, 0.3) is 0 Å². The van der Waals surface area contributed by atoms with E-state index < -0.39 is 63.1 Å². The van der Waals surface area contributed by atoms with Gasteiger partial charge in [-0.3, -0.25) is 9.59 Å². The number of hydrogen-bond donors (Lipinski definition) is 3. The number of carbonyl (C=O) groups excluding carboxylic acids is 1. The fourth-order valence-electron chi connectivity index (χ4n) is 3.07. The highest BCUT2D eigenvalue weighted by molar-refractivity contribution is 6.66. The second-order valence-electron chi connectivity index (χ2n) is 6.65. The van der Waals surface area contributed by atoms with E-state index >= 15 is 0 Å². The molecule has 0 aromatic heterocycles. The van der Waals surface area contributed by atoms with Crippen molar-refractivity contribution in [1.29, 1.82) is 0 Å². The van der Waals surface area contributed by atoms with Crippen LogP contribution in [0.25, 0.3) is 0 Å². The molecule has 12 heteroatoms. The lowest BCUT2D eigenvalue weighted by molar-refractivity contribution is -0.161. The van der Waals surface area contributed by atoms with E-state index in [2.05, 4.69) is 0 Å². The zero-order valence-corrected chi connectivity index (χ0v) is 17.6. The van der Waals surface area contributed by atoms with E-state index in [0.29, 0.717) is 0 Å². The summed E-state index contributed by atoms with van der Waals surface area (Å²) < 4.78 is 2.87. The summed E-state index contributed by atoms with van der Waals surface area (Å²) in [5.74, 6) is -6.01. The lowest BCUT2D eigenvalue weighted by atomic mass is 9.82. The van der Waals surface area contributed by atoms with Gasteiger partial charge in [-0.25, -0.2) is 0 Å². The molecule has 26 heavy (non-hydrogen) atoms. The van der Waals surface area contributed by atoms with Crippen LogP contribution in [0.2, 0.25) is 0 Å². The summed E-state index contributed by atoms with van der Waals surface area (Å²) in [5.41, 5.74) is -1.15. The van der Waals surface area contributed by atoms with Gasteiger partial charge in [0.15, 0.2) is 4.33 Å². The van der Waals surface area contributed by atoms with E-state index in [1.54, 1.807) is 0 Å². The molecule has 0 aliphatic heterocycles. The highest BCUT2D eigenvalue weighted by Crippen LogP contribution is 2.76. The normalized spacial score (nSPS) is 35.7. The highest BCUT2D eigenvalue weighted by Gasteiger charge is 2.85. The first kappa shape index (κ1) is 22.6. The minimum absolute atomic E-state index is 0.340. The minimum atomic E-state index is -2.22. The monoisotopic (exact) mass is 488 g/mol. The Bertz CT molecular complexity index is 677. The van der Waals surface area contributed by atoms with Gasteiger partial charge < -0.3 is 20.1 Å². The van der Waals surface area contributed by atoms with E-state index in [1.807, 2.05) is 0 Å². The van der Waals surface area contributed by atoms with Gasteiger partial charge >= 0.3 is 11.9 Å². The molecule has 1 saturated carbocycles. The van der Waals surface area contributed by atoms with Gasteiger partial charge in [0.2, 0.25) is 0 Å². The molecule has 0 aromatic carbocycles. The molecule has 0 aromatic rings. The smallest absolute Gasteiger partial charge is 0.312 e. The fourth-order valence-corrected chi connectivity index (χ4v) is 6.00. The minimum Gasteiger partial charge on any atom is -0.481 e. The molecule has 2 bridgehead atoms. The quantitative estimate of drug-likeness (QED) is 0.390. The molecule has 1 fully saturated rings. The summed E-state index contributed by atoms with van der Waals surface area (Å²) in [6, 6.07) is 0. The predicted molar refractivity (Wildman–Crippen MR) is 98.2 cm³/mol. The molecule has 0 spiro atoms. The van der Waals surface area contributed by atoms with Crippen LogP contribution in [-0.2, 0) is 14.3 Å². The maximum absolute atomic E-state index is 12.7. The van der Waals surface area contributed by atoms with Crippen LogP contribution >= 0.6 is 69.6 Å². The number of alkyl halides is 4. The Morgan fingerprint density at radius 1 is 1.04 bits per heavy atom. The number of ether oxygens (including phenoxy) is 1. The Kier molecular flexibility index (Phi) is 6.08. The van der Waals surface area contributed by atoms with Crippen LogP contribution in [0.1, 0.15) is 6.92 Å². The van der Waals surface area contributed by atoms with Gasteiger partial charge in [-0.05, 0) is 0 Å². The molecular formula is C14H14Cl6O6. The first-order valence-corrected chi connectivity index (χ1v) is 9.46. The van der Waals surface area contributed by atoms with Gasteiger partial charge in [-0.1, -0.05) is 53.3 Å². The zero-order valence-electron chi connectivity index (χ0n) is 13.1. The molecule has 6 nitrogen and oxygen atoms in total. The number of halogens is 6. The lowest BCUT2D eigenvalue weighted by Crippen LogP contribution is -2.47. The summed E-state index contributed by atoms with van der Waals surface area (Å²) in [4.78, 5) is 20.2. The van der Waals surface area contributed by atoms with Crippen LogP contribution in [0.5, 0.6) is 0 Å². The third-order valence-corrected chi connectivity index (χ3v) is 9.04. The van der Waals surface area contributed by atoms with Crippen molar-refractivity contribution >= 4 is 81.5 Å². The van der Waals surface area contributed by atoms with Crippen molar-refractivity contribution in [3.8, 4) is 0 Å². The van der Waals surface area contributed by atoms with Crippen LogP contribution in [0, 0.1) is 17.3 Å². The number of rotatable bonds is 6. The van der Waals surface area contributed by atoms with Crippen molar-refractivity contribution in [1.82, 2.24) is 0 Å². The van der Waals surface area contributed by atoms with Gasteiger partial charge in [0, 0.05) is 5.41 Å². The molecule has 2 rings (SSSR count). The number of allylic oxidation sites excluding steroid dienone is 2. The Labute approximate surface area is 178 Å². The van der Waals surface area contributed by atoms with Crippen molar-refractivity contribution in [2.45, 2.75) is 21.0 Å². The summed E-state index contributed by atoms with van der Waals surface area (Å²) in [6.45, 7) is 0.0520. The Hall–Kier alpha value is 0.340. The third-order valence-electron chi connectivity index (χ3n) is 4.78. The van der Waals surface area contributed by atoms with E-state index in [-0.39, 0.29) is 10.1 Å². The van der Waals surface area contributed by atoms with Gasteiger partial charge in [0.05, 0.1) is 35.1 Å². The first-order valence-electron chi connectivity index (χ1n) is 7.19. The Morgan fingerprint density at radius 2 is 1.46 bits per heavy atom. The van der Waals surface area contributed by atoms with Crippen molar-refractivity contribution < 1.29 is 29.6 Å². The largest absolute Gasteiger partial charge is 0.481 e. The van der Waals surface area contributed by atoms with Crippen LogP contribution < -0.4 is 0 Å². The second kappa shape index (κ2) is 6.99. The number of hydrogen-bond acceptors (Lipinski definition) is 5. The highest BCUT2D eigenvalue weighted by atomic mass is 35.5. The molecule has 2 aliphatic carbocycles. The molecule has 4 unspecified atom stereocenters. The molecule has 0 heterocycles. The van der Waals surface area contributed by atoms with Gasteiger partial charge in [0.1, 0.15) is 16.4 Å². The summed E-state index contributed by atoms with van der Waals surface area (Å²) in [5, 5.41) is 27.5. The van der Waals surface area contributed by atoms with Crippen LogP contribution in [0.3, 0.4) is 0 Å². The van der Waals surface area contributed by atoms with Crippen molar-refractivity contribution in [3.05, 3.63) is 10.1 Å². The standard InChI is InChI=1S/C14H14Cl6O6/c1-11(2-21,3-22)4-26-10(25)6-5(9(23)24)12(17)7(15)8(16)13(6,18)14(12,19)20/h5-6,21-22H,2-4H2,1H3,(H,23,24). The van der Waals surface area contributed by atoms with E-state index in [1.165, 1.54) is 6.92 Å². The van der Waals surface area contributed by atoms with Crippen molar-refractivity contribution in [2.75, 3.05) is 19.8 Å². The average Bonchev–Trinajstić information content (AvgIpc) is 2.79. The molecule has 0 radical (unpaired) electrons. The van der Waals surface area contributed by atoms with Crippen LogP contribution in [0.15, 0.2) is 10.1 Å². The van der Waals surface area contributed by atoms with E-state index in [4.69, 9.17) is 74.3 Å². The maximum Gasteiger partial charge on any atom is 0.312 e. The number of aliphatic hydroxyl groups is 2. The maximum atomic E-state index is 12.7. The Balaban J connectivity index is 2.48. The van der Waals surface area contributed by atoms with Gasteiger partial charge in [-0.2, -0.15) is 0 Å². The third kappa shape index (κ3) is 2.68. The first-order chi connectivity index (χ1) is 11.8. The summed E-state index contributed by atoms with van der Waals surface area (Å²) >= 11 is 37.5. The summed E-state index contributed by atoms with van der Waals surface area (Å²) in [6.07, 6.45) is 0. The number of aliphatic hydroxyl groups excluding tert-OH is 2. The molecule has 4 atom stereocenters. The molecule has 148 valence electrons. The van der Waals surface area contributed by atoms with E-state index in [0.717, 1.165) is 0 Å². The molecular weight excluding hydrogens is 477 g/mol. The number of carboxylic acid groups (broad SMARTS) is 1. The molecule has 0 amide bonds. The SMILES string of the molecule is CC(CO)(CO)COC(=O)C1C(C(=O)O)C2(Cl)C(Cl)=C(Cl)C1(Cl)C2(Cl)Cl. The zero-order chi connectivity index (χ0) is 20.3. The number of esters is 1. The average molecular weight is 491 g/mol. The van der Waals surface area contributed by atoms with Gasteiger partial charge in [-0.15, -0.1) is 23.2 Å². The van der Waals surface area contributed by atoms with Crippen molar-refractivity contribution in [2.24, 2.45) is 17.3 Å². The lowest BCUT2D eigenvalue weighted by Gasteiger charge is -2.34. The number of aliphatic carboxylic acids is 1.